The average Bonchev–Trinajstić information content (AvgIpc) is 1.84. The Hall–Kier alpha value is -0.0975. The van der Waals surface area contributed by atoms with E-state index in [9.17, 15) is 0 Å². The van der Waals surface area contributed by atoms with Crippen LogP contribution in [0.3, 0.4) is 0 Å². The predicted molar refractivity (Wildman–Crippen MR) is 32.3 cm³/mol. The molecule has 1 N–H and O–H groups in total. The van der Waals surface area contributed by atoms with E-state index in [-0.39, 0.29) is 4.57 Å². The number of hydrogen-bond donors (Lipinski definition) is 1. The van der Waals surface area contributed by atoms with Crippen LogP contribution in [0, 0.1) is 0 Å². The molecule has 2 nitrogen and oxygen atoms in total. The molecule has 0 amide bonds. The van der Waals surface area contributed by atoms with Crippen LogP contribution in [0.5, 0.6) is 0 Å². The Kier molecular flexibility index (Phi) is 3.80. The van der Waals surface area contributed by atoms with Crippen LogP contribution in [0.25, 0.3) is 0 Å². The fraction of sp³-hybridized carbons (Fsp3) is 0.500. The van der Waals surface area contributed by atoms with E-state index >= 15 is 0 Å². The summed E-state index contributed by atoms with van der Waals surface area (Å²) in [5, 5.41) is 8.85. The molecule has 0 aromatic heterocycles. The van der Waals surface area contributed by atoms with Crippen molar-refractivity contribution in [2.75, 3.05) is 7.11 Å². The molecule has 0 radical (unpaired) electrons. The zero-order chi connectivity index (χ0) is 7.44. The van der Waals surface area contributed by atoms with Gasteiger partial charge in [0.05, 0.1) is 0 Å². The molecular weight excluding hydrogens is 156 g/mol. The molecule has 0 heterocycles. The van der Waals surface area contributed by atoms with Crippen molar-refractivity contribution in [1.29, 1.82) is 0 Å². The molecule has 0 rings (SSSR count). The van der Waals surface area contributed by atoms with Crippen molar-refractivity contribution in [3.63, 3.8) is 0 Å². The molecule has 9 heavy (non-hydrogen) atoms. The Labute approximate surface area is 63.1 Å². The zero-order valence-electron chi connectivity index (χ0n) is 5.76. The van der Waals surface area contributed by atoms with E-state index in [0.29, 0.717) is 0 Å². The van der Waals surface area contributed by atoms with Crippen molar-refractivity contribution in [2.45, 2.75) is 13.8 Å². The van der Waals surface area contributed by atoms with Crippen molar-refractivity contribution in [1.82, 2.24) is 0 Å². The number of rotatable bonds is 2. The van der Waals surface area contributed by atoms with Crippen LogP contribution in [-0.4, -0.2) is 16.8 Å². The van der Waals surface area contributed by atoms with E-state index < -0.39 is 0 Å². The number of allylic oxidation sites excluding steroid dienone is 1. The quantitative estimate of drug-likeness (QED) is 0.619. The maximum absolute atomic E-state index is 8.85. The summed E-state index contributed by atoms with van der Waals surface area (Å²) in [6, 6.07) is 0. The summed E-state index contributed by atoms with van der Waals surface area (Å²) in [4.78, 5) is 0. The van der Waals surface area contributed by atoms with E-state index in [1.165, 1.54) is 0 Å². The van der Waals surface area contributed by atoms with Crippen molar-refractivity contribution in [3.05, 3.63) is 11.3 Å². The van der Waals surface area contributed by atoms with Crippen LogP contribution < -0.4 is 0 Å². The van der Waals surface area contributed by atoms with Crippen molar-refractivity contribution in [3.8, 4) is 0 Å². The molecule has 0 unspecified atom stereocenters. The Morgan fingerprint density at radius 3 is 2.00 bits per heavy atom. The summed E-state index contributed by atoms with van der Waals surface area (Å²) < 4.78 is 5.04. The van der Waals surface area contributed by atoms with E-state index in [0.717, 1.165) is 11.3 Å². The Morgan fingerprint density at radius 2 is 1.89 bits per heavy atom. The molecule has 0 aromatic rings. The number of hydrogen-bond acceptors (Lipinski definition) is 2. The van der Waals surface area contributed by atoms with Gasteiger partial charge in [0.15, 0.2) is 0 Å². The van der Waals surface area contributed by atoms with Gasteiger partial charge in [-0.2, -0.15) is 0 Å². The number of ether oxygens (including phenoxy) is 1. The molecule has 52 valence electrons. The SMILES string of the molecule is CO/C(C)=C(\C)[C](O)=[Cr]. The molecule has 3 heteroatoms. The molecule has 0 aromatic carbocycles. The third-order valence-electron chi connectivity index (χ3n) is 1.16. The first-order valence-corrected chi connectivity index (χ1v) is 3.18. The van der Waals surface area contributed by atoms with Gasteiger partial charge in [-0.15, -0.1) is 0 Å². The monoisotopic (exact) mass is 166 g/mol. The molecule has 0 atom stereocenters. The number of methoxy groups -OCH3 is 1. The third-order valence-corrected chi connectivity index (χ3v) is 1.63. The van der Waals surface area contributed by atoms with Gasteiger partial charge in [-0.1, -0.05) is 0 Å². The summed E-state index contributed by atoms with van der Waals surface area (Å²) in [5.74, 6) is 0.728. The van der Waals surface area contributed by atoms with Crippen LogP contribution in [-0.2, 0) is 20.6 Å². The zero-order valence-corrected chi connectivity index (χ0v) is 7.04. The molecule has 0 saturated heterocycles. The van der Waals surface area contributed by atoms with Gasteiger partial charge in [-0.3, -0.25) is 0 Å². The van der Waals surface area contributed by atoms with Crippen LogP contribution >= 0.6 is 0 Å². The van der Waals surface area contributed by atoms with Gasteiger partial charge in [-0.05, 0) is 0 Å². The second-order valence-electron chi connectivity index (χ2n) is 1.69. The summed E-state index contributed by atoms with van der Waals surface area (Å²) >= 11 is 2.49. The van der Waals surface area contributed by atoms with Gasteiger partial charge in [0, 0.05) is 0 Å². The second kappa shape index (κ2) is 3.84. The Bertz CT molecular complexity index is 149. The molecular formula is C6H10CrO2. The first-order chi connectivity index (χ1) is 4.09. The standard InChI is InChI=1S/C6H10O2.Cr/c1-5(4-7)6(2)8-3;/h7H,1-3H3;/b6-5+;. The van der Waals surface area contributed by atoms with Crippen molar-refractivity contribution in [2.24, 2.45) is 0 Å². The minimum absolute atomic E-state index is 0.189. The predicted octanol–water partition coefficient (Wildman–Crippen LogP) is 0.976. The van der Waals surface area contributed by atoms with Gasteiger partial charge in [0.25, 0.3) is 0 Å². The fourth-order valence-electron chi connectivity index (χ4n) is 0.304. The van der Waals surface area contributed by atoms with Gasteiger partial charge in [0.2, 0.25) is 0 Å². The second-order valence-corrected chi connectivity index (χ2v) is 2.29. The molecule has 0 bridgehead atoms. The summed E-state index contributed by atoms with van der Waals surface area (Å²) in [7, 11) is 1.57. The maximum atomic E-state index is 8.85. The third kappa shape index (κ3) is 2.81. The van der Waals surface area contributed by atoms with E-state index in [2.05, 4.69) is 15.9 Å². The molecule has 0 fully saturated rings. The minimum atomic E-state index is 0.189. The number of aliphatic hydroxyl groups excluding tert-OH is 1. The van der Waals surface area contributed by atoms with E-state index in [1.807, 2.05) is 0 Å². The average molecular weight is 166 g/mol. The normalized spacial score (nSPS) is 12.4. The summed E-state index contributed by atoms with van der Waals surface area (Å²) in [6.07, 6.45) is 0. The fourth-order valence-corrected chi connectivity index (χ4v) is 0.528. The number of aliphatic hydroxyl groups is 1. The van der Waals surface area contributed by atoms with Crippen LogP contribution in [0.1, 0.15) is 13.8 Å². The first-order valence-electron chi connectivity index (χ1n) is 2.54. The molecule has 0 aliphatic rings. The Morgan fingerprint density at radius 1 is 1.44 bits per heavy atom. The van der Waals surface area contributed by atoms with Crippen molar-refractivity contribution >= 4 is 4.57 Å². The van der Waals surface area contributed by atoms with Crippen LogP contribution in [0.2, 0.25) is 0 Å². The first kappa shape index (κ1) is 8.90. The molecule has 0 aliphatic heterocycles. The van der Waals surface area contributed by atoms with Gasteiger partial charge in [0.1, 0.15) is 0 Å². The van der Waals surface area contributed by atoms with E-state index in [1.54, 1.807) is 21.0 Å². The topological polar surface area (TPSA) is 29.5 Å². The summed E-state index contributed by atoms with van der Waals surface area (Å²) in [6.45, 7) is 3.58. The van der Waals surface area contributed by atoms with Gasteiger partial charge >= 0.3 is 62.6 Å². The van der Waals surface area contributed by atoms with Gasteiger partial charge < -0.3 is 0 Å². The van der Waals surface area contributed by atoms with Crippen LogP contribution in [0.4, 0.5) is 0 Å². The molecule has 0 aliphatic carbocycles. The van der Waals surface area contributed by atoms with Crippen LogP contribution in [0.15, 0.2) is 11.3 Å². The van der Waals surface area contributed by atoms with Gasteiger partial charge in [-0.25, -0.2) is 0 Å². The van der Waals surface area contributed by atoms with Crippen molar-refractivity contribution < 1.29 is 25.7 Å². The van der Waals surface area contributed by atoms with E-state index in [4.69, 9.17) is 9.84 Å². The molecule has 0 spiro atoms. The summed E-state index contributed by atoms with van der Waals surface area (Å²) in [5.41, 5.74) is 0.748. The Balaban J connectivity index is 4.28. The molecule has 0 saturated carbocycles.